The molecule has 3 atom stereocenters. The van der Waals surface area contributed by atoms with E-state index >= 15 is 0 Å². The number of aliphatic carboxylic acids is 2. The Morgan fingerprint density at radius 1 is 0.583 bits per heavy atom. The molecule has 3 aromatic rings. The van der Waals surface area contributed by atoms with Crippen molar-refractivity contribution in [2.24, 2.45) is 17.2 Å². The van der Waals surface area contributed by atoms with Crippen molar-refractivity contribution in [1.29, 1.82) is 0 Å². The van der Waals surface area contributed by atoms with Crippen molar-refractivity contribution in [3.8, 4) is 5.75 Å². The molecule has 20 nitrogen and oxygen atoms in total. The van der Waals surface area contributed by atoms with E-state index in [0.29, 0.717) is 57.2 Å². The molecule has 72 heavy (non-hydrogen) atoms. The minimum Gasteiger partial charge on any atom is -0.497 e. The summed E-state index contributed by atoms with van der Waals surface area (Å²) in [6.45, 7) is 0.139. The highest BCUT2D eigenvalue weighted by Crippen LogP contribution is 2.20. The van der Waals surface area contributed by atoms with Gasteiger partial charge >= 0.3 is 36.1 Å². The molecule has 0 aromatic heterocycles. The predicted molar refractivity (Wildman–Crippen MR) is 281 cm³/mol. The standard InChI is InChI=1S/C50H72Br2N10O10/c1-72-43-21-13-36(14-22-43)7-5-29-57-49(70)61(32-40(59-47(55)68)19-23-45(64)65)41(8-2-3-27-53)34-62(50(71)58-30-25-37-11-17-39(52)18-12-37)42(20-24-46(66)67)33-60(31-26-44(54)63)48(69)56-28-4-6-35-9-15-38(51)16-10-35/h9-18,21-22,40-42H,2-8,19-20,23-34,53H2,1H3,(H2,54,63)(H,56,69)(H,57,70)(H,58,71)(H,64,65)(H,66,67)(H3,55,59,68). The highest BCUT2D eigenvalue weighted by molar-refractivity contribution is 9.10. The zero-order valence-electron chi connectivity index (χ0n) is 41.0. The van der Waals surface area contributed by atoms with Gasteiger partial charge in [-0.1, -0.05) is 74.7 Å². The van der Waals surface area contributed by atoms with Gasteiger partial charge in [-0.2, -0.15) is 0 Å². The number of carboxylic acids is 2. The number of halogens is 2. The van der Waals surface area contributed by atoms with Gasteiger partial charge in [0, 0.05) is 80.1 Å². The van der Waals surface area contributed by atoms with Crippen molar-refractivity contribution in [3.63, 3.8) is 0 Å². The smallest absolute Gasteiger partial charge is 0.317 e. The molecule has 3 rings (SSSR count). The van der Waals surface area contributed by atoms with Crippen LogP contribution in [0.5, 0.6) is 5.75 Å². The summed E-state index contributed by atoms with van der Waals surface area (Å²) in [4.78, 5) is 96.3. The van der Waals surface area contributed by atoms with E-state index in [1.807, 2.05) is 72.8 Å². The van der Waals surface area contributed by atoms with E-state index < -0.39 is 66.5 Å². The Morgan fingerprint density at radius 2 is 1.07 bits per heavy atom. The zero-order chi connectivity index (χ0) is 52.8. The minimum atomic E-state index is -1.16. The summed E-state index contributed by atoms with van der Waals surface area (Å²) in [6.07, 6.45) is 2.83. The number of unbranched alkanes of at least 4 members (excludes halogenated alkanes) is 1. The first kappa shape index (κ1) is 60.2. The number of nitrogens with two attached hydrogens (primary N) is 3. The van der Waals surface area contributed by atoms with Crippen molar-refractivity contribution >= 4 is 73.8 Å². The molecular weight excluding hydrogens is 1060 g/mol. The van der Waals surface area contributed by atoms with Gasteiger partial charge in [-0.25, -0.2) is 19.2 Å². The molecule has 3 aromatic carbocycles. The largest absolute Gasteiger partial charge is 0.497 e. The number of methoxy groups -OCH3 is 1. The molecule has 3 unspecified atom stereocenters. The minimum absolute atomic E-state index is 0.0936. The lowest BCUT2D eigenvalue weighted by molar-refractivity contribution is -0.138. The van der Waals surface area contributed by atoms with Crippen molar-refractivity contribution in [2.45, 2.75) is 102 Å². The van der Waals surface area contributed by atoms with Crippen LogP contribution in [0.25, 0.3) is 0 Å². The van der Waals surface area contributed by atoms with Gasteiger partial charge in [0.1, 0.15) is 5.75 Å². The Labute approximate surface area is 438 Å². The third-order valence-corrected chi connectivity index (χ3v) is 12.9. The van der Waals surface area contributed by atoms with Crippen LogP contribution in [-0.4, -0.2) is 144 Å². The molecule has 396 valence electrons. The van der Waals surface area contributed by atoms with Crippen LogP contribution < -0.4 is 43.2 Å². The molecule has 0 saturated heterocycles. The fraction of sp³-hybridized carbons (Fsp3) is 0.500. The second-order valence-electron chi connectivity index (χ2n) is 17.4. The Kier molecular flexibility index (Phi) is 28.0. The lowest BCUT2D eigenvalue weighted by Crippen LogP contribution is -2.60. The van der Waals surface area contributed by atoms with Crippen LogP contribution in [0.15, 0.2) is 81.7 Å². The van der Waals surface area contributed by atoms with Gasteiger partial charge in [0.15, 0.2) is 0 Å². The number of primary amides is 2. The van der Waals surface area contributed by atoms with Gasteiger partial charge in [-0.05, 0) is 117 Å². The van der Waals surface area contributed by atoms with E-state index in [1.54, 1.807) is 7.11 Å². The maximum atomic E-state index is 14.8. The number of nitrogens with zero attached hydrogens (tertiary/aromatic N) is 3. The first-order chi connectivity index (χ1) is 34.5. The van der Waals surface area contributed by atoms with E-state index in [0.717, 1.165) is 25.6 Å². The van der Waals surface area contributed by atoms with Crippen molar-refractivity contribution < 1.29 is 48.5 Å². The number of amides is 9. The number of carboxylic acid groups (broad SMARTS) is 2. The second-order valence-corrected chi connectivity index (χ2v) is 19.2. The SMILES string of the molecule is COc1ccc(CCCNC(=O)N(CC(CCC(=O)O)NC(N)=O)C(CCCCN)CN(C(=O)NCCc2ccc(Br)cc2)C(CCC(=O)O)CN(CCC(N)=O)C(=O)NCCCc2ccc(Br)cc2)cc1. The molecule has 0 saturated carbocycles. The molecular formula is C50H72Br2N10O10. The van der Waals surface area contributed by atoms with Gasteiger partial charge in [-0.3, -0.25) is 14.4 Å². The highest BCUT2D eigenvalue weighted by Gasteiger charge is 2.35. The molecule has 0 aliphatic carbocycles. The summed E-state index contributed by atoms with van der Waals surface area (Å²) in [5.41, 5.74) is 20.1. The number of hydrogen-bond acceptors (Lipinski definition) is 9. The first-order valence-corrected chi connectivity index (χ1v) is 25.8. The molecule has 12 N–H and O–H groups in total. The normalized spacial score (nSPS) is 12.1. The van der Waals surface area contributed by atoms with Crippen LogP contribution in [0.4, 0.5) is 19.2 Å². The summed E-state index contributed by atoms with van der Waals surface area (Å²) >= 11 is 6.88. The Morgan fingerprint density at radius 3 is 1.58 bits per heavy atom. The quantitative estimate of drug-likeness (QED) is 0.0333. The molecule has 22 heteroatoms. The number of ether oxygens (including phenoxy) is 1. The lowest BCUT2D eigenvalue weighted by Gasteiger charge is -2.41. The maximum Gasteiger partial charge on any atom is 0.317 e. The third kappa shape index (κ3) is 24.3. The number of carbonyl (C=O) groups excluding carboxylic acids is 5. The third-order valence-electron chi connectivity index (χ3n) is 11.8. The topological polar surface area (TPSA) is 305 Å². The van der Waals surface area contributed by atoms with Crippen LogP contribution in [0.2, 0.25) is 0 Å². The Balaban J connectivity index is 2.09. The molecule has 0 heterocycles. The van der Waals surface area contributed by atoms with Gasteiger partial charge in [0.2, 0.25) is 5.91 Å². The monoisotopic (exact) mass is 1130 g/mol. The summed E-state index contributed by atoms with van der Waals surface area (Å²) in [5.74, 6) is -2.28. The van der Waals surface area contributed by atoms with Gasteiger partial charge in [-0.15, -0.1) is 0 Å². The van der Waals surface area contributed by atoms with E-state index in [1.165, 1.54) is 14.7 Å². The number of nitrogens with one attached hydrogen (secondary N) is 4. The summed E-state index contributed by atoms with van der Waals surface area (Å²) in [6, 6.07) is 17.4. The van der Waals surface area contributed by atoms with Crippen LogP contribution in [0, 0.1) is 0 Å². The summed E-state index contributed by atoms with van der Waals surface area (Å²) in [5, 5.41) is 31.1. The van der Waals surface area contributed by atoms with E-state index in [2.05, 4.69) is 53.1 Å². The van der Waals surface area contributed by atoms with Crippen molar-refractivity contribution in [3.05, 3.63) is 98.4 Å². The predicted octanol–water partition coefficient (Wildman–Crippen LogP) is 5.57. The first-order valence-electron chi connectivity index (χ1n) is 24.2. The Hall–Kier alpha value is -6.13. The van der Waals surface area contributed by atoms with Crippen LogP contribution in [0.3, 0.4) is 0 Å². The van der Waals surface area contributed by atoms with E-state index in [4.69, 9.17) is 21.9 Å². The maximum absolute atomic E-state index is 14.8. The molecule has 9 amide bonds. The van der Waals surface area contributed by atoms with Crippen LogP contribution in [-0.2, 0) is 33.6 Å². The second kappa shape index (κ2) is 33.5. The summed E-state index contributed by atoms with van der Waals surface area (Å²) in [7, 11) is 1.58. The fourth-order valence-corrected chi connectivity index (χ4v) is 8.48. The molecule has 0 aliphatic rings. The average molecular weight is 1130 g/mol. The number of hydrogen-bond donors (Lipinski definition) is 9. The van der Waals surface area contributed by atoms with Gasteiger partial charge in [0.25, 0.3) is 0 Å². The van der Waals surface area contributed by atoms with E-state index in [-0.39, 0.29) is 77.9 Å². The fourth-order valence-electron chi connectivity index (χ4n) is 7.95. The number of benzene rings is 3. The average Bonchev–Trinajstić information content (AvgIpc) is 3.34. The number of urea groups is 4. The van der Waals surface area contributed by atoms with Crippen LogP contribution in [0.1, 0.15) is 80.9 Å². The van der Waals surface area contributed by atoms with Gasteiger partial charge in [0.05, 0.1) is 19.2 Å². The van der Waals surface area contributed by atoms with E-state index in [9.17, 15) is 43.8 Å². The number of aryl methyl sites for hydroxylation is 2. The molecule has 0 aliphatic heterocycles. The van der Waals surface area contributed by atoms with Crippen molar-refractivity contribution in [2.75, 3.05) is 59.5 Å². The molecule has 0 fully saturated rings. The molecule has 0 bridgehead atoms. The summed E-state index contributed by atoms with van der Waals surface area (Å²) < 4.78 is 7.08. The number of rotatable bonds is 34. The highest BCUT2D eigenvalue weighted by atomic mass is 79.9. The molecule has 0 radical (unpaired) electrons. The van der Waals surface area contributed by atoms with Gasteiger partial charge < -0.3 is 68.1 Å². The lowest BCUT2D eigenvalue weighted by atomic mass is 10.0. The van der Waals surface area contributed by atoms with Crippen molar-refractivity contribution in [1.82, 2.24) is 36.0 Å². The zero-order valence-corrected chi connectivity index (χ0v) is 44.2. The molecule has 0 spiro atoms. The van der Waals surface area contributed by atoms with Crippen LogP contribution >= 0.6 is 31.9 Å². The number of carbonyl (C=O) groups is 7. The Bertz CT molecular complexity index is 2160.